The van der Waals surface area contributed by atoms with E-state index in [0.29, 0.717) is 41.8 Å². The maximum Gasteiger partial charge on any atom is 0.416 e. The predicted octanol–water partition coefficient (Wildman–Crippen LogP) is 5.32. The fourth-order valence-corrected chi connectivity index (χ4v) is 4.47. The zero-order valence-corrected chi connectivity index (χ0v) is 18.2. The molecular formula is C25H23F3N2O3. The lowest BCUT2D eigenvalue weighted by atomic mass is 9.74. The number of hydrogen-bond acceptors (Lipinski definition) is 4. The summed E-state index contributed by atoms with van der Waals surface area (Å²) in [7, 11) is 1.51. The number of halogens is 3. The summed E-state index contributed by atoms with van der Waals surface area (Å²) in [5.41, 5.74) is 1.90. The van der Waals surface area contributed by atoms with Crippen molar-refractivity contribution in [2.75, 3.05) is 12.4 Å². The highest BCUT2D eigenvalue weighted by atomic mass is 19.4. The third-order valence-corrected chi connectivity index (χ3v) is 5.92. The van der Waals surface area contributed by atoms with E-state index in [1.165, 1.54) is 19.2 Å². The molecule has 2 aromatic rings. The summed E-state index contributed by atoms with van der Waals surface area (Å²) >= 11 is 0. The van der Waals surface area contributed by atoms with Crippen molar-refractivity contribution in [3.8, 4) is 5.75 Å². The minimum absolute atomic E-state index is 0.0173. The molecule has 0 bridgehead atoms. The minimum Gasteiger partial charge on any atom is -0.496 e. The zero-order valence-electron chi connectivity index (χ0n) is 18.2. The number of anilines is 1. The molecule has 33 heavy (non-hydrogen) atoms. The van der Waals surface area contributed by atoms with E-state index < -0.39 is 23.6 Å². The van der Waals surface area contributed by atoms with Gasteiger partial charge in [0.1, 0.15) is 5.75 Å². The quantitative estimate of drug-likeness (QED) is 0.654. The van der Waals surface area contributed by atoms with E-state index in [1.54, 1.807) is 31.2 Å². The summed E-state index contributed by atoms with van der Waals surface area (Å²) in [6.07, 6.45) is -2.78. The van der Waals surface area contributed by atoms with Gasteiger partial charge in [-0.25, -0.2) is 0 Å². The average Bonchev–Trinajstić information content (AvgIpc) is 2.77. The third kappa shape index (κ3) is 4.37. The Balaban J connectivity index is 1.79. The number of hydrogen-bond donors (Lipinski definition) is 2. The molecular weight excluding hydrogens is 433 g/mol. The molecule has 1 aliphatic heterocycles. The average molecular weight is 456 g/mol. The van der Waals surface area contributed by atoms with Crippen LogP contribution in [-0.2, 0) is 15.8 Å². The van der Waals surface area contributed by atoms with Gasteiger partial charge in [0.2, 0.25) is 0 Å². The first-order valence-electron chi connectivity index (χ1n) is 10.6. The highest BCUT2D eigenvalue weighted by molar-refractivity contribution is 6.10. The van der Waals surface area contributed by atoms with Crippen LogP contribution in [0.3, 0.4) is 0 Å². The van der Waals surface area contributed by atoms with E-state index in [0.717, 1.165) is 17.8 Å². The number of allylic oxidation sites excluding steroid dienone is 3. The van der Waals surface area contributed by atoms with Crippen LogP contribution in [0.25, 0.3) is 0 Å². The molecule has 1 aliphatic carbocycles. The van der Waals surface area contributed by atoms with Crippen LogP contribution < -0.4 is 15.4 Å². The predicted molar refractivity (Wildman–Crippen MR) is 118 cm³/mol. The van der Waals surface area contributed by atoms with Gasteiger partial charge in [0.15, 0.2) is 5.78 Å². The van der Waals surface area contributed by atoms with Gasteiger partial charge in [-0.1, -0.05) is 24.3 Å². The molecule has 0 saturated heterocycles. The van der Waals surface area contributed by atoms with Gasteiger partial charge in [0.25, 0.3) is 5.91 Å². The molecule has 2 N–H and O–H groups in total. The summed E-state index contributed by atoms with van der Waals surface area (Å²) in [4.78, 5) is 26.4. The maximum absolute atomic E-state index is 13.4. The standard InChI is InChI=1S/C25H23F3N2O3/c1-14-21(24(32)30-16-8-5-7-15(13-16)25(26,27)28)22(17-9-3-4-12-20(17)33-2)23-18(29-14)10-6-11-19(23)31/h3-5,7-9,12-13,22,29H,6,10-11H2,1-2H3,(H,30,32). The molecule has 1 atom stereocenters. The Morgan fingerprint density at radius 3 is 2.61 bits per heavy atom. The van der Waals surface area contributed by atoms with E-state index >= 15 is 0 Å². The highest BCUT2D eigenvalue weighted by Gasteiger charge is 2.39. The van der Waals surface area contributed by atoms with Gasteiger partial charge in [0.05, 0.1) is 18.6 Å². The Morgan fingerprint density at radius 2 is 1.88 bits per heavy atom. The molecule has 2 aliphatic rings. The van der Waals surface area contributed by atoms with Crippen molar-refractivity contribution in [3.63, 3.8) is 0 Å². The van der Waals surface area contributed by atoms with Crippen molar-refractivity contribution in [2.24, 2.45) is 0 Å². The van der Waals surface area contributed by atoms with Crippen molar-refractivity contribution in [3.05, 3.63) is 82.2 Å². The maximum atomic E-state index is 13.4. The summed E-state index contributed by atoms with van der Waals surface area (Å²) < 4.78 is 44.9. The molecule has 8 heteroatoms. The van der Waals surface area contributed by atoms with Gasteiger partial charge in [0, 0.05) is 40.2 Å². The van der Waals surface area contributed by atoms with Crippen molar-refractivity contribution < 1.29 is 27.5 Å². The van der Waals surface area contributed by atoms with E-state index in [4.69, 9.17) is 4.74 Å². The van der Waals surface area contributed by atoms with Crippen LogP contribution in [0.1, 0.15) is 43.2 Å². The molecule has 1 heterocycles. The molecule has 0 fully saturated rings. The second-order valence-electron chi connectivity index (χ2n) is 8.04. The van der Waals surface area contributed by atoms with Crippen molar-refractivity contribution in [1.82, 2.24) is 5.32 Å². The van der Waals surface area contributed by atoms with E-state index in [1.807, 2.05) is 0 Å². The number of ether oxygens (including phenoxy) is 1. The second-order valence-corrected chi connectivity index (χ2v) is 8.04. The highest BCUT2D eigenvalue weighted by Crippen LogP contribution is 2.45. The van der Waals surface area contributed by atoms with Gasteiger partial charge < -0.3 is 15.4 Å². The van der Waals surface area contributed by atoms with Gasteiger partial charge >= 0.3 is 6.18 Å². The van der Waals surface area contributed by atoms with Crippen LogP contribution in [0.15, 0.2) is 71.1 Å². The lowest BCUT2D eigenvalue weighted by Gasteiger charge is -2.35. The summed E-state index contributed by atoms with van der Waals surface area (Å²) in [5, 5.41) is 5.79. The molecule has 0 radical (unpaired) electrons. The first-order chi connectivity index (χ1) is 15.7. The minimum atomic E-state index is -4.53. The fraction of sp³-hybridized carbons (Fsp3) is 0.280. The molecule has 172 valence electrons. The normalized spacial score (nSPS) is 18.6. The van der Waals surface area contributed by atoms with Gasteiger partial charge in [-0.2, -0.15) is 13.2 Å². The summed E-state index contributed by atoms with van der Waals surface area (Å²) in [6.45, 7) is 1.73. The van der Waals surface area contributed by atoms with E-state index in [2.05, 4.69) is 10.6 Å². The number of carbonyl (C=O) groups is 2. The summed E-state index contributed by atoms with van der Waals surface area (Å²) in [6, 6.07) is 11.6. The van der Waals surface area contributed by atoms with Crippen LogP contribution in [0.4, 0.5) is 18.9 Å². The molecule has 0 aromatic heterocycles. The Morgan fingerprint density at radius 1 is 1.12 bits per heavy atom. The molecule has 2 aromatic carbocycles. The van der Waals surface area contributed by atoms with Crippen LogP contribution in [-0.4, -0.2) is 18.8 Å². The first kappa shape index (κ1) is 22.6. The number of rotatable bonds is 4. The SMILES string of the molecule is COc1ccccc1C1C(C(=O)Nc2cccc(C(F)(F)F)c2)=C(C)NC2=C1C(=O)CCC2. The van der Waals surface area contributed by atoms with Crippen molar-refractivity contribution >= 4 is 17.4 Å². The number of amides is 1. The molecule has 0 saturated carbocycles. The topological polar surface area (TPSA) is 67.4 Å². The Bertz CT molecular complexity index is 1180. The number of carbonyl (C=O) groups excluding carboxylic acids is 2. The van der Waals surface area contributed by atoms with E-state index in [9.17, 15) is 22.8 Å². The van der Waals surface area contributed by atoms with Gasteiger partial charge in [-0.15, -0.1) is 0 Å². The first-order valence-corrected chi connectivity index (χ1v) is 10.6. The number of ketones is 1. The van der Waals surface area contributed by atoms with Gasteiger partial charge in [-0.05, 0) is 44.0 Å². The number of Topliss-reactive ketones (excluding diaryl/α,β-unsaturated/α-hetero) is 1. The fourth-order valence-electron chi connectivity index (χ4n) is 4.47. The number of dihydropyridines is 1. The number of para-hydroxylation sites is 1. The molecule has 4 rings (SSSR count). The van der Waals surface area contributed by atoms with Crippen LogP contribution >= 0.6 is 0 Å². The molecule has 5 nitrogen and oxygen atoms in total. The molecule has 1 unspecified atom stereocenters. The largest absolute Gasteiger partial charge is 0.496 e. The number of benzene rings is 2. The smallest absolute Gasteiger partial charge is 0.416 e. The number of methoxy groups -OCH3 is 1. The molecule has 1 amide bonds. The molecule has 0 spiro atoms. The summed E-state index contributed by atoms with van der Waals surface area (Å²) in [5.74, 6) is -0.820. The lowest BCUT2D eigenvalue weighted by Crippen LogP contribution is -2.35. The number of alkyl halides is 3. The third-order valence-electron chi connectivity index (χ3n) is 5.92. The Labute approximate surface area is 189 Å². The lowest BCUT2D eigenvalue weighted by molar-refractivity contribution is -0.137. The van der Waals surface area contributed by atoms with Crippen molar-refractivity contribution in [2.45, 2.75) is 38.3 Å². The van der Waals surface area contributed by atoms with Crippen LogP contribution in [0, 0.1) is 0 Å². The second kappa shape index (κ2) is 8.77. The van der Waals surface area contributed by atoms with Crippen molar-refractivity contribution in [1.29, 1.82) is 0 Å². The monoisotopic (exact) mass is 456 g/mol. The zero-order chi connectivity index (χ0) is 23.8. The van der Waals surface area contributed by atoms with Crippen LogP contribution in [0.5, 0.6) is 5.75 Å². The van der Waals surface area contributed by atoms with E-state index in [-0.39, 0.29) is 17.0 Å². The Kier molecular flexibility index (Phi) is 6.01. The van der Waals surface area contributed by atoms with Gasteiger partial charge in [-0.3, -0.25) is 9.59 Å². The number of nitrogens with one attached hydrogen (secondary N) is 2. The Hall–Kier alpha value is -3.55. The van der Waals surface area contributed by atoms with Crippen LogP contribution in [0.2, 0.25) is 0 Å².